The summed E-state index contributed by atoms with van der Waals surface area (Å²) in [5.74, 6) is 0.651. The molecule has 0 aliphatic rings. The van der Waals surface area contributed by atoms with Crippen LogP contribution in [0.1, 0.15) is 68.3 Å². The third-order valence-electron chi connectivity index (χ3n) is 5.29. The van der Waals surface area contributed by atoms with E-state index in [0.29, 0.717) is 16.6 Å². The third-order valence-corrected chi connectivity index (χ3v) is 5.29. The molecule has 2 aromatic heterocycles. The lowest BCUT2D eigenvalue weighted by molar-refractivity contribution is -1.03. The quantitative estimate of drug-likeness (QED) is 0.305. The Balaban J connectivity index is 1.95. The van der Waals surface area contributed by atoms with Crippen LogP contribution in [0.25, 0.3) is 0 Å². The Bertz CT molecular complexity index is 1130. The number of phenols is 1. The molecular formula is C23H32N5O5+. The van der Waals surface area contributed by atoms with Crippen LogP contribution >= 0.6 is 0 Å². The number of aromatic nitrogens is 2. The molecule has 1 atom stereocenters. The molecule has 3 aromatic rings. The van der Waals surface area contributed by atoms with Gasteiger partial charge >= 0.3 is 11.6 Å². The van der Waals surface area contributed by atoms with E-state index in [1.165, 1.54) is 11.0 Å². The van der Waals surface area contributed by atoms with E-state index < -0.39 is 0 Å². The summed E-state index contributed by atoms with van der Waals surface area (Å²) in [4.78, 5) is 14.2. The lowest BCUT2D eigenvalue weighted by Crippen LogP contribution is -2.31. The molecule has 10 nitrogen and oxygen atoms in total. The zero-order chi connectivity index (χ0) is 24.5. The number of phenolic OH excluding ortho intramolecular Hbond substituents is 1. The Labute approximate surface area is 192 Å². The summed E-state index contributed by atoms with van der Waals surface area (Å²) in [6, 6.07) is 6.39. The fourth-order valence-electron chi connectivity index (χ4n) is 3.31. The average molecular weight is 459 g/mol. The van der Waals surface area contributed by atoms with Crippen molar-refractivity contribution in [2.75, 3.05) is 24.7 Å². The molecule has 0 bridgehead atoms. The van der Waals surface area contributed by atoms with Gasteiger partial charge in [-0.1, -0.05) is 45.3 Å². The van der Waals surface area contributed by atoms with Crippen LogP contribution in [0.15, 0.2) is 39.6 Å². The molecule has 1 amide bonds. The van der Waals surface area contributed by atoms with Gasteiger partial charge < -0.3 is 24.9 Å². The summed E-state index contributed by atoms with van der Waals surface area (Å²) in [5.41, 5.74) is 1.10. The molecule has 4 N–H and O–H groups in total. The van der Waals surface area contributed by atoms with Crippen molar-refractivity contribution in [1.29, 1.82) is 0 Å². The summed E-state index contributed by atoms with van der Waals surface area (Å²) < 4.78 is 10.8. The number of carbonyl (C=O) groups excluding carboxylic acids is 1. The molecule has 0 saturated carbocycles. The van der Waals surface area contributed by atoms with Crippen LogP contribution in [0.5, 0.6) is 5.75 Å². The second kappa shape index (κ2) is 9.05. The molecule has 3 rings (SSSR count). The number of hydrogen-bond donors (Lipinski definition) is 4. The topological polar surface area (TPSA) is 128 Å². The van der Waals surface area contributed by atoms with Gasteiger partial charge in [0.25, 0.3) is 5.91 Å². The van der Waals surface area contributed by atoms with Crippen LogP contribution in [0.3, 0.4) is 0 Å². The molecule has 0 unspecified atom stereocenters. The molecule has 10 heteroatoms. The van der Waals surface area contributed by atoms with Gasteiger partial charge in [0, 0.05) is 14.1 Å². The van der Waals surface area contributed by atoms with Crippen LogP contribution in [-0.2, 0) is 0 Å². The predicted octanol–water partition coefficient (Wildman–Crippen LogP) is 4.27. The van der Waals surface area contributed by atoms with Gasteiger partial charge in [0.05, 0.1) is 17.9 Å². The maximum atomic E-state index is 12.3. The summed E-state index contributed by atoms with van der Waals surface area (Å²) in [6.45, 7) is 10.3. The highest BCUT2D eigenvalue weighted by Crippen LogP contribution is 2.39. The first kappa shape index (κ1) is 24.0. The summed E-state index contributed by atoms with van der Waals surface area (Å²) in [6.07, 6.45) is 1.74. The van der Waals surface area contributed by atoms with Crippen molar-refractivity contribution in [2.24, 2.45) is 5.41 Å². The number of nitrogens with one attached hydrogen (secondary N) is 2. The number of benzene rings is 1. The number of rotatable bonds is 7. The number of amides is 1. The summed E-state index contributed by atoms with van der Waals surface area (Å²) in [5, 5.41) is 30.9. The Kier molecular flexibility index (Phi) is 6.57. The largest absolute Gasteiger partial charge is 0.504 e. The van der Waals surface area contributed by atoms with Gasteiger partial charge in [-0.3, -0.25) is 10.1 Å². The molecule has 0 aliphatic heterocycles. The summed E-state index contributed by atoms with van der Waals surface area (Å²) in [7, 11) is 3.19. The normalized spacial score (nSPS) is 12.6. The minimum atomic E-state index is -0.358. The number of carbonyl (C=O) groups is 1. The van der Waals surface area contributed by atoms with Gasteiger partial charge in [-0.2, -0.15) is 0 Å². The van der Waals surface area contributed by atoms with Crippen molar-refractivity contribution in [2.45, 2.75) is 46.6 Å². The van der Waals surface area contributed by atoms with E-state index in [4.69, 9.17) is 9.05 Å². The van der Waals surface area contributed by atoms with E-state index in [2.05, 4.69) is 29.6 Å². The number of hydrogen-bond acceptors (Lipinski definition) is 8. The average Bonchev–Trinajstić information content (AvgIpc) is 3.34. The van der Waals surface area contributed by atoms with Crippen molar-refractivity contribution in [3.05, 3.63) is 47.4 Å². The second-order valence-corrected chi connectivity index (χ2v) is 9.55. The standard InChI is InChI=1S/C23H31N5O5/c1-13(2)14-11-17(32-12-14)19(23(3,4)5)25-20-21(28(31)33-26-20)24-16-10-8-9-15(18(16)29)22(30)27(6)7/h8-13,19,31H,1-7H3,(H2,25,26,29,30)/p+1/t19-/m0/s1. The van der Waals surface area contributed by atoms with Gasteiger partial charge in [-0.15, -0.1) is 0 Å². The highest BCUT2D eigenvalue weighted by atomic mass is 16.8. The lowest BCUT2D eigenvalue weighted by atomic mass is 9.85. The fraction of sp³-hybridized carbons (Fsp3) is 0.435. The van der Waals surface area contributed by atoms with E-state index in [0.717, 1.165) is 5.56 Å². The molecule has 0 fully saturated rings. The van der Waals surface area contributed by atoms with Crippen LogP contribution < -0.4 is 15.5 Å². The van der Waals surface area contributed by atoms with E-state index >= 15 is 0 Å². The minimum Gasteiger partial charge on any atom is -0.504 e. The van der Waals surface area contributed by atoms with Crippen molar-refractivity contribution < 1.29 is 29.1 Å². The number of nitrogens with zero attached hydrogens (tertiary/aromatic N) is 3. The third kappa shape index (κ3) is 5.05. The highest BCUT2D eigenvalue weighted by molar-refractivity contribution is 5.98. The first-order chi connectivity index (χ1) is 15.4. The zero-order valence-electron chi connectivity index (χ0n) is 20.0. The Morgan fingerprint density at radius 1 is 1.24 bits per heavy atom. The van der Waals surface area contributed by atoms with Crippen LogP contribution in [0.2, 0.25) is 0 Å². The first-order valence-corrected chi connectivity index (χ1v) is 10.7. The number of anilines is 3. The number of aromatic hydroxyl groups is 1. The van der Waals surface area contributed by atoms with Crippen molar-refractivity contribution in [1.82, 2.24) is 10.1 Å². The van der Waals surface area contributed by atoms with Gasteiger partial charge in [-0.25, -0.2) is 0 Å². The van der Waals surface area contributed by atoms with E-state index in [1.54, 1.807) is 32.5 Å². The van der Waals surface area contributed by atoms with Gasteiger partial charge in [-0.05, 0) is 35.1 Å². The van der Waals surface area contributed by atoms with E-state index in [9.17, 15) is 15.1 Å². The summed E-state index contributed by atoms with van der Waals surface area (Å²) >= 11 is 0. The molecule has 0 aliphatic carbocycles. The van der Waals surface area contributed by atoms with Gasteiger partial charge in [0.2, 0.25) is 0 Å². The maximum absolute atomic E-state index is 12.3. The van der Waals surface area contributed by atoms with E-state index in [1.807, 2.05) is 26.8 Å². The monoisotopic (exact) mass is 458 g/mol. The lowest BCUT2D eigenvalue weighted by Gasteiger charge is -2.28. The first-order valence-electron chi connectivity index (χ1n) is 10.7. The second-order valence-electron chi connectivity index (χ2n) is 9.55. The Morgan fingerprint density at radius 2 is 1.94 bits per heavy atom. The predicted molar refractivity (Wildman–Crippen MR) is 122 cm³/mol. The smallest absolute Gasteiger partial charge is 0.370 e. The zero-order valence-corrected chi connectivity index (χ0v) is 20.0. The van der Waals surface area contributed by atoms with Gasteiger partial charge in [0.15, 0.2) is 5.75 Å². The Morgan fingerprint density at radius 3 is 2.52 bits per heavy atom. The van der Waals surface area contributed by atoms with Crippen LogP contribution in [-0.4, -0.2) is 40.4 Å². The molecular weight excluding hydrogens is 426 g/mol. The maximum Gasteiger partial charge on any atom is 0.370 e. The van der Waals surface area contributed by atoms with Crippen LogP contribution in [0, 0.1) is 5.41 Å². The van der Waals surface area contributed by atoms with Crippen molar-refractivity contribution in [3.8, 4) is 5.75 Å². The Hall–Kier alpha value is -3.69. The molecule has 1 aromatic carbocycles. The van der Waals surface area contributed by atoms with Gasteiger partial charge in [0.1, 0.15) is 21.5 Å². The van der Waals surface area contributed by atoms with Crippen molar-refractivity contribution in [3.63, 3.8) is 0 Å². The van der Waals surface area contributed by atoms with Crippen LogP contribution in [0.4, 0.5) is 17.3 Å². The van der Waals surface area contributed by atoms with Crippen molar-refractivity contribution >= 4 is 23.2 Å². The molecule has 33 heavy (non-hydrogen) atoms. The molecule has 178 valence electrons. The molecule has 0 radical (unpaired) electrons. The van der Waals surface area contributed by atoms with E-state index in [-0.39, 0.29) is 46.0 Å². The number of furan rings is 1. The number of para-hydroxylation sites is 1. The fourth-order valence-corrected chi connectivity index (χ4v) is 3.31. The highest BCUT2D eigenvalue weighted by Gasteiger charge is 2.35. The minimum absolute atomic E-state index is 0.0460. The molecule has 0 spiro atoms. The molecule has 0 saturated heterocycles. The molecule has 2 heterocycles. The SMILES string of the molecule is CC(C)c1coc([C@H](Nc2no[n+](O)c2Nc2cccc(C(=O)N(C)C)c2O)C(C)(C)C)c1.